The van der Waals surface area contributed by atoms with Crippen molar-refractivity contribution in [1.29, 1.82) is 0 Å². The molecule has 0 radical (unpaired) electrons. The largest absolute Gasteiger partial charge is 0.370 e. The minimum Gasteiger partial charge on any atom is -0.370 e. The van der Waals surface area contributed by atoms with Gasteiger partial charge in [0.25, 0.3) is 5.91 Å². The van der Waals surface area contributed by atoms with Crippen molar-refractivity contribution in [3.8, 4) is 11.1 Å². The van der Waals surface area contributed by atoms with Gasteiger partial charge in [0.05, 0.1) is 28.6 Å². The summed E-state index contributed by atoms with van der Waals surface area (Å²) in [5.74, 6) is -0.393. The van der Waals surface area contributed by atoms with Crippen LogP contribution in [0.2, 0.25) is 10.0 Å². The first-order chi connectivity index (χ1) is 21.4. The molecule has 1 fully saturated rings. The van der Waals surface area contributed by atoms with Crippen LogP contribution in [-0.4, -0.2) is 74.0 Å². The van der Waals surface area contributed by atoms with Gasteiger partial charge in [0.15, 0.2) is 11.2 Å². The van der Waals surface area contributed by atoms with Crippen LogP contribution in [-0.2, 0) is 17.8 Å². The Balaban J connectivity index is 1.24. The Kier molecular flexibility index (Phi) is 8.04. The number of rotatable bonds is 7. The molecule has 2 aliphatic heterocycles. The molecule has 1 saturated heterocycles. The third-order valence-electron chi connectivity index (χ3n) is 8.51. The summed E-state index contributed by atoms with van der Waals surface area (Å²) < 4.78 is 17.6. The number of imidazole rings is 1. The first kappa shape index (κ1) is 29.2. The summed E-state index contributed by atoms with van der Waals surface area (Å²) in [5, 5.41) is 11.4. The summed E-state index contributed by atoms with van der Waals surface area (Å²) in [6.07, 6.45) is 5.16. The minimum absolute atomic E-state index is 0.174. The average molecular weight is 654 g/mol. The van der Waals surface area contributed by atoms with Crippen molar-refractivity contribution in [1.82, 2.24) is 29.2 Å². The van der Waals surface area contributed by atoms with Crippen LogP contribution in [0.15, 0.2) is 54.4 Å². The van der Waals surface area contributed by atoms with Crippen molar-refractivity contribution in [3.63, 3.8) is 0 Å². The van der Waals surface area contributed by atoms with Crippen LogP contribution in [0, 0.1) is 0 Å². The molecule has 2 aliphatic rings. The number of nitrogens with one attached hydrogen (secondary N) is 1. The van der Waals surface area contributed by atoms with Gasteiger partial charge in [0, 0.05) is 66.2 Å². The number of thiazole rings is 1. The van der Waals surface area contributed by atoms with Gasteiger partial charge in [-0.1, -0.05) is 42.3 Å². The molecule has 5 heterocycles. The average Bonchev–Trinajstić information content (AvgIpc) is 3.80. The van der Waals surface area contributed by atoms with Crippen molar-refractivity contribution in [2.45, 2.75) is 38.5 Å². The number of hydrogen-bond acceptors (Lipinski definition) is 7. The third kappa shape index (κ3) is 5.47. The smallest absolute Gasteiger partial charge is 0.257 e. The second-order valence-electron chi connectivity index (χ2n) is 11.2. The van der Waals surface area contributed by atoms with E-state index in [0.29, 0.717) is 37.5 Å². The van der Waals surface area contributed by atoms with E-state index in [0.717, 1.165) is 50.3 Å². The SMILES string of the molecule is CCN1CCCN(c2ccc(-c3cc(Cl)c4cn([C@@H](C(=O)Nc5nccs5)c5ncn6c5C[C@@H](F)C6)nc4c3Cl)cc2)CC1. The van der Waals surface area contributed by atoms with E-state index >= 15 is 0 Å². The number of nitrogens with zero attached hydrogens (tertiary/aromatic N) is 7. The van der Waals surface area contributed by atoms with Gasteiger partial charge in [-0.2, -0.15) is 5.10 Å². The molecule has 228 valence electrons. The number of aromatic nitrogens is 5. The standard InChI is InChI=1S/C31H31Cl2FN8OS/c1-2-39-9-3-10-40(12-11-39)21-6-4-19(5-7-21)22-15-24(32)23-17-42(38-27(23)26(22)33)29(30(43)37-31-35-8-13-44-31)28-25-14-20(34)16-41(25)18-36-28/h4-8,13,15,17-18,20,29H,2-3,9-12,14,16H2,1H3,(H,35,37,43)/t20-,29-/m1/s1. The molecule has 0 saturated carbocycles. The van der Waals surface area contributed by atoms with E-state index < -0.39 is 18.1 Å². The summed E-state index contributed by atoms with van der Waals surface area (Å²) in [5.41, 5.74) is 4.42. The highest BCUT2D eigenvalue weighted by atomic mass is 35.5. The third-order valence-corrected chi connectivity index (χ3v) is 9.89. The molecule has 2 aromatic carbocycles. The maximum atomic E-state index is 14.3. The van der Waals surface area contributed by atoms with Gasteiger partial charge < -0.3 is 14.4 Å². The molecule has 0 spiro atoms. The zero-order valence-electron chi connectivity index (χ0n) is 24.1. The fourth-order valence-electron chi connectivity index (χ4n) is 6.21. The molecule has 2 atom stereocenters. The molecule has 9 nitrogen and oxygen atoms in total. The number of alkyl halides is 1. The highest BCUT2D eigenvalue weighted by Crippen LogP contribution is 2.40. The minimum atomic E-state index is -1.03. The predicted octanol–water partition coefficient (Wildman–Crippen LogP) is 6.32. The Morgan fingerprint density at radius 1 is 1.16 bits per heavy atom. The maximum absolute atomic E-state index is 14.3. The molecule has 3 aromatic heterocycles. The number of hydrogen-bond donors (Lipinski definition) is 1. The molecule has 7 rings (SSSR count). The van der Waals surface area contributed by atoms with Gasteiger partial charge in [0.1, 0.15) is 11.7 Å². The molecule has 0 aliphatic carbocycles. The van der Waals surface area contributed by atoms with Crippen LogP contribution in [0.5, 0.6) is 0 Å². The summed E-state index contributed by atoms with van der Waals surface area (Å²) in [4.78, 5) is 27.3. The first-order valence-corrected chi connectivity index (χ1v) is 16.4. The lowest BCUT2D eigenvalue weighted by molar-refractivity contribution is -0.118. The molecular weight excluding hydrogens is 622 g/mol. The summed E-state index contributed by atoms with van der Waals surface area (Å²) in [6, 6.07) is 9.22. The monoisotopic (exact) mass is 652 g/mol. The zero-order valence-corrected chi connectivity index (χ0v) is 26.4. The van der Waals surface area contributed by atoms with Crippen molar-refractivity contribution in [2.75, 3.05) is 42.9 Å². The molecule has 1 amide bonds. The first-order valence-electron chi connectivity index (χ1n) is 14.7. The lowest BCUT2D eigenvalue weighted by atomic mass is 10.0. The zero-order chi connectivity index (χ0) is 30.4. The van der Waals surface area contributed by atoms with Crippen LogP contribution < -0.4 is 10.2 Å². The van der Waals surface area contributed by atoms with Crippen molar-refractivity contribution in [3.05, 3.63) is 75.9 Å². The van der Waals surface area contributed by atoms with Crippen LogP contribution in [0.4, 0.5) is 15.2 Å². The highest BCUT2D eigenvalue weighted by molar-refractivity contribution is 7.13. The lowest BCUT2D eigenvalue weighted by Crippen LogP contribution is -2.30. The van der Waals surface area contributed by atoms with Crippen LogP contribution in [0.3, 0.4) is 0 Å². The number of carbonyl (C=O) groups excluding carboxylic acids is 1. The van der Waals surface area contributed by atoms with Gasteiger partial charge >= 0.3 is 0 Å². The molecule has 13 heteroatoms. The second-order valence-corrected chi connectivity index (χ2v) is 12.9. The Bertz CT molecular complexity index is 1810. The summed E-state index contributed by atoms with van der Waals surface area (Å²) in [6.45, 7) is 7.68. The van der Waals surface area contributed by atoms with E-state index in [4.69, 9.17) is 28.3 Å². The molecule has 0 bridgehead atoms. The number of fused-ring (bicyclic) bond motifs is 2. The number of carbonyl (C=O) groups is 1. The van der Waals surface area contributed by atoms with Gasteiger partial charge in [-0.05, 0) is 43.3 Å². The molecular formula is C31H31Cl2FN8OS. The van der Waals surface area contributed by atoms with E-state index in [1.165, 1.54) is 21.7 Å². The Labute approximate surface area is 268 Å². The maximum Gasteiger partial charge on any atom is 0.257 e. The molecule has 5 aromatic rings. The fourth-order valence-corrected chi connectivity index (χ4v) is 7.29. The summed E-state index contributed by atoms with van der Waals surface area (Å²) in [7, 11) is 0. The summed E-state index contributed by atoms with van der Waals surface area (Å²) >= 11 is 15.1. The van der Waals surface area contributed by atoms with E-state index in [1.807, 2.05) is 6.07 Å². The van der Waals surface area contributed by atoms with E-state index in [1.54, 1.807) is 28.7 Å². The van der Waals surface area contributed by atoms with Gasteiger partial charge in [-0.15, -0.1) is 11.3 Å². The Morgan fingerprint density at radius 2 is 2.00 bits per heavy atom. The number of amides is 1. The molecule has 44 heavy (non-hydrogen) atoms. The van der Waals surface area contributed by atoms with Crippen molar-refractivity contribution < 1.29 is 9.18 Å². The number of benzene rings is 2. The quantitative estimate of drug-likeness (QED) is 0.222. The van der Waals surface area contributed by atoms with E-state index in [2.05, 4.69) is 56.3 Å². The van der Waals surface area contributed by atoms with Crippen molar-refractivity contribution in [2.24, 2.45) is 0 Å². The number of likely N-dealkylation sites (N-methyl/N-ethyl adjacent to an activating group) is 1. The van der Waals surface area contributed by atoms with Crippen LogP contribution >= 0.6 is 34.5 Å². The Morgan fingerprint density at radius 3 is 2.77 bits per heavy atom. The van der Waals surface area contributed by atoms with Gasteiger partial charge in [0.2, 0.25) is 0 Å². The van der Waals surface area contributed by atoms with Crippen LogP contribution in [0.25, 0.3) is 22.0 Å². The molecule has 1 N–H and O–H groups in total. The predicted molar refractivity (Wildman–Crippen MR) is 174 cm³/mol. The lowest BCUT2D eigenvalue weighted by Gasteiger charge is -2.23. The highest BCUT2D eigenvalue weighted by Gasteiger charge is 2.34. The molecule has 0 unspecified atom stereocenters. The van der Waals surface area contributed by atoms with E-state index in [-0.39, 0.29) is 13.0 Å². The van der Waals surface area contributed by atoms with Crippen molar-refractivity contribution >= 4 is 62.2 Å². The number of anilines is 2. The fraction of sp³-hybridized carbons (Fsp3) is 0.355. The van der Waals surface area contributed by atoms with Gasteiger partial charge in [-0.3, -0.25) is 14.8 Å². The van der Waals surface area contributed by atoms with Gasteiger partial charge in [-0.25, -0.2) is 14.4 Å². The van der Waals surface area contributed by atoms with E-state index in [9.17, 15) is 9.18 Å². The second kappa shape index (κ2) is 12.1. The Hall–Kier alpha value is -3.51. The number of halogens is 3. The topological polar surface area (TPSA) is 84.1 Å². The van der Waals surface area contributed by atoms with Crippen LogP contribution in [0.1, 0.15) is 30.8 Å². The normalized spacial score (nSPS) is 18.0.